The van der Waals surface area contributed by atoms with Gasteiger partial charge in [-0.15, -0.1) is 0 Å². The second kappa shape index (κ2) is 6.74. The molecule has 0 saturated heterocycles. The van der Waals surface area contributed by atoms with Crippen molar-refractivity contribution in [3.63, 3.8) is 0 Å². The average Bonchev–Trinajstić information content (AvgIpc) is 2.38. The Morgan fingerprint density at radius 3 is 2.28 bits per heavy atom. The summed E-state index contributed by atoms with van der Waals surface area (Å²) < 4.78 is 20.7. The number of esters is 1. The van der Waals surface area contributed by atoms with Gasteiger partial charge in [-0.1, -0.05) is 0 Å². The van der Waals surface area contributed by atoms with E-state index in [2.05, 4.69) is 0 Å². The molecule has 0 spiro atoms. The van der Waals surface area contributed by atoms with Gasteiger partial charge in [0.1, 0.15) is 11.3 Å². The molecule has 0 N–H and O–H groups in total. The van der Waals surface area contributed by atoms with Crippen molar-refractivity contribution >= 4 is 5.97 Å². The highest BCUT2D eigenvalue weighted by Gasteiger charge is 2.19. The summed E-state index contributed by atoms with van der Waals surface area (Å²) in [5.74, 6) is 0.870. The summed E-state index contributed by atoms with van der Waals surface area (Å²) in [5.41, 5.74) is 0.286. The molecule has 0 heterocycles. The molecule has 0 radical (unpaired) electrons. The third-order valence-electron chi connectivity index (χ3n) is 2.25. The fraction of sp³-hybridized carbons (Fsp3) is 0.462. The Bertz CT molecular complexity index is 414. The van der Waals surface area contributed by atoms with Gasteiger partial charge < -0.3 is 18.9 Å². The van der Waals surface area contributed by atoms with Gasteiger partial charge in [-0.2, -0.15) is 0 Å². The monoisotopic (exact) mass is 254 g/mol. The first-order valence-electron chi connectivity index (χ1n) is 5.73. The highest BCUT2D eigenvalue weighted by molar-refractivity contribution is 5.94. The van der Waals surface area contributed by atoms with E-state index in [1.165, 1.54) is 14.2 Å². The van der Waals surface area contributed by atoms with Crippen molar-refractivity contribution in [3.05, 3.63) is 17.7 Å². The average molecular weight is 254 g/mol. The molecule has 5 heteroatoms. The van der Waals surface area contributed by atoms with Gasteiger partial charge in [0.05, 0.1) is 27.4 Å². The third-order valence-corrected chi connectivity index (χ3v) is 2.25. The van der Waals surface area contributed by atoms with Crippen LogP contribution in [0.5, 0.6) is 17.2 Å². The lowest BCUT2D eigenvalue weighted by Crippen LogP contribution is -2.07. The van der Waals surface area contributed by atoms with Crippen LogP contribution in [0.1, 0.15) is 24.2 Å². The van der Waals surface area contributed by atoms with Crippen LogP contribution < -0.4 is 14.2 Å². The van der Waals surface area contributed by atoms with Crippen LogP contribution in [-0.4, -0.2) is 33.4 Å². The number of hydrogen-bond donors (Lipinski definition) is 0. The van der Waals surface area contributed by atoms with E-state index in [4.69, 9.17) is 18.9 Å². The van der Waals surface area contributed by atoms with Crippen molar-refractivity contribution in [1.29, 1.82) is 0 Å². The molecular formula is C13H18O5. The van der Waals surface area contributed by atoms with Gasteiger partial charge in [-0.25, -0.2) is 4.79 Å². The smallest absolute Gasteiger partial charge is 0.341 e. The number of carbonyl (C=O) groups excluding carboxylic acids is 1. The minimum Gasteiger partial charge on any atom is -0.494 e. The van der Waals surface area contributed by atoms with E-state index < -0.39 is 5.97 Å². The fourth-order valence-electron chi connectivity index (χ4n) is 1.56. The van der Waals surface area contributed by atoms with Crippen molar-refractivity contribution in [2.75, 3.05) is 27.4 Å². The fourth-order valence-corrected chi connectivity index (χ4v) is 1.56. The minimum atomic E-state index is -0.491. The number of hydrogen-bond acceptors (Lipinski definition) is 5. The van der Waals surface area contributed by atoms with Crippen molar-refractivity contribution < 1.29 is 23.7 Å². The summed E-state index contributed by atoms with van der Waals surface area (Å²) in [6.07, 6.45) is 0. The summed E-state index contributed by atoms with van der Waals surface area (Å²) in [4.78, 5) is 11.7. The van der Waals surface area contributed by atoms with Crippen LogP contribution in [0.25, 0.3) is 0 Å². The van der Waals surface area contributed by atoms with Gasteiger partial charge in [-0.3, -0.25) is 0 Å². The zero-order valence-electron chi connectivity index (χ0n) is 11.1. The standard InChI is InChI=1S/C13H18O5/c1-5-17-9-7-10(13(14)16-4)12(15-3)11(8-9)18-6-2/h7-8H,5-6H2,1-4H3. The maximum absolute atomic E-state index is 11.7. The maximum atomic E-state index is 11.7. The van der Waals surface area contributed by atoms with Gasteiger partial charge >= 0.3 is 5.97 Å². The molecule has 1 rings (SSSR count). The molecule has 0 atom stereocenters. The third kappa shape index (κ3) is 3.06. The van der Waals surface area contributed by atoms with E-state index >= 15 is 0 Å². The molecule has 18 heavy (non-hydrogen) atoms. The minimum absolute atomic E-state index is 0.286. The normalized spacial score (nSPS) is 9.78. The van der Waals surface area contributed by atoms with E-state index in [0.717, 1.165) is 0 Å². The first-order valence-corrected chi connectivity index (χ1v) is 5.73. The quantitative estimate of drug-likeness (QED) is 0.729. The molecule has 0 aliphatic heterocycles. The van der Waals surface area contributed by atoms with Gasteiger partial charge in [-0.05, 0) is 19.9 Å². The maximum Gasteiger partial charge on any atom is 0.341 e. The summed E-state index contributed by atoms with van der Waals surface area (Å²) in [6.45, 7) is 4.68. The van der Waals surface area contributed by atoms with Gasteiger partial charge in [0.15, 0.2) is 11.5 Å². The molecule has 0 amide bonds. The Morgan fingerprint density at radius 2 is 1.78 bits per heavy atom. The summed E-state index contributed by atoms with van der Waals surface area (Å²) in [7, 11) is 2.79. The number of carbonyl (C=O) groups is 1. The Labute approximate surface area is 107 Å². The van der Waals surface area contributed by atoms with Crippen molar-refractivity contribution in [1.82, 2.24) is 0 Å². The molecule has 1 aromatic rings. The molecular weight excluding hydrogens is 236 g/mol. The largest absolute Gasteiger partial charge is 0.494 e. The lowest BCUT2D eigenvalue weighted by Gasteiger charge is -2.14. The van der Waals surface area contributed by atoms with Crippen LogP contribution in [0, 0.1) is 0 Å². The molecule has 0 fully saturated rings. The van der Waals surface area contributed by atoms with E-state index in [1.54, 1.807) is 12.1 Å². The van der Waals surface area contributed by atoms with Crippen molar-refractivity contribution in [3.8, 4) is 17.2 Å². The van der Waals surface area contributed by atoms with Crippen molar-refractivity contribution in [2.24, 2.45) is 0 Å². The van der Waals surface area contributed by atoms with E-state index in [-0.39, 0.29) is 5.56 Å². The molecule has 0 aliphatic rings. The van der Waals surface area contributed by atoms with Crippen LogP contribution in [0.2, 0.25) is 0 Å². The number of ether oxygens (including phenoxy) is 4. The predicted octanol–water partition coefficient (Wildman–Crippen LogP) is 2.28. The Balaban J connectivity index is 3.30. The highest BCUT2D eigenvalue weighted by atomic mass is 16.5. The second-order valence-corrected chi connectivity index (χ2v) is 3.36. The number of rotatable bonds is 6. The molecule has 0 aliphatic carbocycles. The molecule has 0 aromatic heterocycles. The molecule has 0 unspecified atom stereocenters. The van der Waals surface area contributed by atoms with Gasteiger partial charge in [0.25, 0.3) is 0 Å². The summed E-state index contributed by atoms with van der Waals surface area (Å²) >= 11 is 0. The Kier molecular flexibility index (Phi) is 5.30. The van der Waals surface area contributed by atoms with Crippen LogP contribution in [0.4, 0.5) is 0 Å². The summed E-state index contributed by atoms with van der Waals surface area (Å²) in [6, 6.07) is 3.27. The van der Waals surface area contributed by atoms with Crippen LogP contribution in [0.15, 0.2) is 12.1 Å². The lowest BCUT2D eigenvalue weighted by molar-refractivity contribution is 0.0595. The molecule has 0 bridgehead atoms. The molecule has 1 aromatic carbocycles. The van der Waals surface area contributed by atoms with E-state index in [1.807, 2.05) is 13.8 Å². The van der Waals surface area contributed by atoms with Gasteiger partial charge in [0.2, 0.25) is 0 Å². The lowest BCUT2D eigenvalue weighted by atomic mass is 10.1. The first-order chi connectivity index (χ1) is 8.67. The van der Waals surface area contributed by atoms with E-state index in [0.29, 0.717) is 30.5 Å². The molecule has 0 saturated carbocycles. The highest BCUT2D eigenvalue weighted by Crippen LogP contribution is 2.36. The second-order valence-electron chi connectivity index (χ2n) is 3.36. The number of benzene rings is 1. The van der Waals surface area contributed by atoms with Crippen molar-refractivity contribution in [2.45, 2.75) is 13.8 Å². The summed E-state index contributed by atoms with van der Waals surface area (Å²) in [5, 5.41) is 0. The molecule has 100 valence electrons. The predicted molar refractivity (Wildman–Crippen MR) is 66.7 cm³/mol. The Hall–Kier alpha value is -1.91. The SMILES string of the molecule is CCOc1cc(OCC)c(OC)c(C(=O)OC)c1. The zero-order valence-corrected chi connectivity index (χ0v) is 11.1. The first kappa shape index (κ1) is 14.2. The zero-order chi connectivity index (χ0) is 13.5. The topological polar surface area (TPSA) is 54.0 Å². The van der Waals surface area contributed by atoms with Crippen LogP contribution in [-0.2, 0) is 4.74 Å². The van der Waals surface area contributed by atoms with Crippen LogP contribution in [0.3, 0.4) is 0 Å². The van der Waals surface area contributed by atoms with E-state index in [9.17, 15) is 4.79 Å². The van der Waals surface area contributed by atoms with Crippen LogP contribution >= 0.6 is 0 Å². The van der Waals surface area contributed by atoms with Gasteiger partial charge in [0, 0.05) is 6.07 Å². The Morgan fingerprint density at radius 1 is 1.11 bits per heavy atom. The number of methoxy groups -OCH3 is 2. The molecule has 5 nitrogen and oxygen atoms in total.